The molecule has 0 atom stereocenters. The van der Waals surface area contributed by atoms with Crippen LogP contribution in [0.4, 0.5) is 9.59 Å². The summed E-state index contributed by atoms with van der Waals surface area (Å²) in [6, 6.07) is 15.5. The minimum Gasteiger partial charge on any atom is -0.508 e. The van der Waals surface area contributed by atoms with Crippen molar-refractivity contribution in [2.75, 3.05) is 20.6 Å². The summed E-state index contributed by atoms with van der Waals surface area (Å²) in [4.78, 5) is 42.2. The minimum atomic E-state index is -0.524. The van der Waals surface area contributed by atoms with Gasteiger partial charge >= 0.3 is 12.1 Å². The number of phenols is 1. The fourth-order valence-corrected chi connectivity index (χ4v) is 2.53. The van der Waals surface area contributed by atoms with E-state index in [1.807, 2.05) is 67.2 Å². The van der Waals surface area contributed by atoms with Crippen molar-refractivity contribution in [2.24, 2.45) is 11.8 Å². The Morgan fingerprint density at radius 3 is 2.05 bits per heavy atom. The SMILES string of the molecule is CC(C)CNNC(=O)N(Cc1ccccc1)NC=O.CN(N)Cc1ccc(O)cc1.CNNC(=O)NNC=O. The van der Waals surface area contributed by atoms with Crippen LogP contribution in [0.5, 0.6) is 5.75 Å². The summed E-state index contributed by atoms with van der Waals surface area (Å²) in [5.74, 6) is 6.14. The van der Waals surface area contributed by atoms with Gasteiger partial charge < -0.3 is 5.11 Å². The van der Waals surface area contributed by atoms with Crippen molar-refractivity contribution in [1.82, 2.24) is 48.0 Å². The molecule has 0 fully saturated rings. The number of rotatable bonds is 12. The molecule has 0 aliphatic carbocycles. The lowest BCUT2D eigenvalue weighted by Gasteiger charge is -2.22. The van der Waals surface area contributed by atoms with Crippen molar-refractivity contribution in [3.05, 3.63) is 65.7 Å². The molecule has 0 aliphatic heterocycles. The first-order chi connectivity index (χ1) is 18.6. The van der Waals surface area contributed by atoms with Gasteiger partial charge in [0.15, 0.2) is 0 Å². The van der Waals surface area contributed by atoms with Crippen molar-refractivity contribution < 1.29 is 24.3 Å². The smallest absolute Gasteiger partial charge is 0.350 e. The number of nitrogens with zero attached hydrogens (tertiary/aromatic N) is 2. The summed E-state index contributed by atoms with van der Waals surface area (Å²) in [5.41, 5.74) is 18.2. The van der Waals surface area contributed by atoms with E-state index in [9.17, 15) is 19.2 Å². The number of hydrogen-bond donors (Lipinski definition) is 9. The number of nitrogens with one attached hydrogen (secondary N) is 7. The average Bonchev–Trinajstić information content (AvgIpc) is 2.89. The predicted octanol–water partition coefficient (Wildman–Crippen LogP) is -0.201. The monoisotopic (exact) mass is 548 g/mol. The number of benzene rings is 2. The highest BCUT2D eigenvalue weighted by atomic mass is 16.3. The zero-order valence-electron chi connectivity index (χ0n) is 22.6. The summed E-state index contributed by atoms with van der Waals surface area (Å²) in [6.45, 7) is 5.72. The van der Waals surface area contributed by atoms with Crippen LogP contribution in [0.3, 0.4) is 0 Å². The maximum atomic E-state index is 11.8. The molecular weight excluding hydrogens is 508 g/mol. The van der Waals surface area contributed by atoms with Crippen molar-refractivity contribution >= 4 is 24.9 Å². The normalized spacial score (nSPS) is 9.62. The molecule has 2 rings (SSSR count). The number of aromatic hydroxyl groups is 1. The number of nitrogens with two attached hydrogens (primary N) is 1. The van der Waals surface area contributed by atoms with E-state index < -0.39 is 12.1 Å². The third kappa shape index (κ3) is 19.4. The third-order valence-electron chi connectivity index (χ3n) is 4.19. The van der Waals surface area contributed by atoms with Gasteiger partial charge in [-0.25, -0.2) is 35.9 Å². The van der Waals surface area contributed by atoms with Gasteiger partial charge in [-0.2, -0.15) is 0 Å². The van der Waals surface area contributed by atoms with Crippen LogP contribution in [0.1, 0.15) is 25.0 Å². The topological polar surface area (TPSA) is 205 Å². The first kappa shape index (κ1) is 34.6. The van der Waals surface area contributed by atoms with Crippen LogP contribution in [0.25, 0.3) is 0 Å². The van der Waals surface area contributed by atoms with Gasteiger partial charge in [-0.05, 0) is 29.2 Å². The molecule has 0 aliphatic rings. The number of hydrogen-bond acceptors (Lipinski definition) is 9. The van der Waals surface area contributed by atoms with Crippen molar-refractivity contribution in [3.63, 3.8) is 0 Å². The molecule has 39 heavy (non-hydrogen) atoms. The molecule has 10 N–H and O–H groups in total. The number of carbonyl (C=O) groups is 4. The van der Waals surface area contributed by atoms with E-state index in [4.69, 9.17) is 10.9 Å². The Morgan fingerprint density at radius 2 is 1.54 bits per heavy atom. The predicted molar refractivity (Wildman–Crippen MR) is 146 cm³/mol. The quantitative estimate of drug-likeness (QED) is 0.0977. The van der Waals surface area contributed by atoms with Crippen molar-refractivity contribution in [2.45, 2.75) is 26.9 Å². The molecule has 0 saturated carbocycles. The van der Waals surface area contributed by atoms with Crippen LogP contribution in [-0.2, 0) is 22.7 Å². The molecular formula is C24H40N10O5. The summed E-state index contributed by atoms with van der Waals surface area (Å²) in [6.07, 6.45) is 0.834. The molecule has 2 aromatic carbocycles. The van der Waals surface area contributed by atoms with Crippen molar-refractivity contribution in [1.29, 1.82) is 0 Å². The van der Waals surface area contributed by atoms with Gasteiger partial charge in [0.05, 0.1) is 6.54 Å². The van der Waals surface area contributed by atoms with Gasteiger partial charge in [0.25, 0.3) is 0 Å². The molecule has 0 unspecified atom stereocenters. The van der Waals surface area contributed by atoms with Crippen LogP contribution in [0.2, 0.25) is 0 Å². The second-order valence-corrected chi connectivity index (χ2v) is 8.20. The van der Waals surface area contributed by atoms with Gasteiger partial charge in [-0.3, -0.25) is 37.1 Å². The lowest BCUT2D eigenvalue weighted by atomic mass is 10.2. The second-order valence-electron chi connectivity index (χ2n) is 8.20. The Kier molecular flexibility index (Phi) is 19.2. The Morgan fingerprint density at radius 1 is 0.923 bits per heavy atom. The lowest BCUT2D eigenvalue weighted by molar-refractivity contribution is -0.113. The maximum Gasteiger partial charge on any atom is 0.350 e. The standard InChI is InChI=1S/C13H20N4O2.C8H12N2O.C3H8N4O2/c1-11(2)8-14-16-13(19)17(15-10-18)9-12-6-4-3-5-7-12;1-10(9)6-7-2-4-8(11)5-3-7;1-4-6-3(9)7-5-2-8/h3-7,10-11,14H,8-9H2,1-2H3,(H,15,18)(H,16,19);2-5,11H,6,9H2,1H3;2,4H,1H3,(H,5,8)(H2,6,7,9). The largest absolute Gasteiger partial charge is 0.508 e. The first-order valence-corrected chi connectivity index (χ1v) is 11.8. The Bertz CT molecular complexity index is 946. The second kappa shape index (κ2) is 21.6. The summed E-state index contributed by atoms with van der Waals surface area (Å²) in [5, 5.41) is 11.7. The van der Waals surface area contributed by atoms with Crippen LogP contribution >= 0.6 is 0 Å². The molecule has 0 bridgehead atoms. The summed E-state index contributed by atoms with van der Waals surface area (Å²) < 4.78 is 0. The maximum absolute atomic E-state index is 11.8. The van der Waals surface area contributed by atoms with Crippen LogP contribution in [0, 0.1) is 5.92 Å². The fraction of sp³-hybridized carbons (Fsp3) is 0.333. The summed E-state index contributed by atoms with van der Waals surface area (Å²) in [7, 11) is 3.33. The molecule has 0 saturated heterocycles. The van der Waals surface area contributed by atoms with E-state index in [2.05, 4.69) is 27.1 Å². The number of carbonyl (C=O) groups excluding carboxylic acids is 4. The fourth-order valence-electron chi connectivity index (χ4n) is 2.53. The summed E-state index contributed by atoms with van der Waals surface area (Å²) >= 11 is 0. The molecule has 0 radical (unpaired) electrons. The van der Waals surface area contributed by atoms with Gasteiger partial charge in [0, 0.05) is 27.2 Å². The Labute approximate surface area is 228 Å². The van der Waals surface area contributed by atoms with E-state index >= 15 is 0 Å². The molecule has 15 nitrogen and oxygen atoms in total. The Balaban J connectivity index is 0.000000612. The minimum absolute atomic E-state index is 0.286. The van der Waals surface area contributed by atoms with E-state index in [1.165, 1.54) is 12.1 Å². The highest BCUT2D eigenvalue weighted by molar-refractivity contribution is 5.74. The van der Waals surface area contributed by atoms with Crippen LogP contribution in [0.15, 0.2) is 54.6 Å². The number of amides is 6. The highest BCUT2D eigenvalue weighted by Crippen LogP contribution is 2.09. The molecule has 2 aromatic rings. The molecule has 0 aromatic heterocycles. The molecule has 0 spiro atoms. The van der Waals surface area contributed by atoms with E-state index in [0.717, 1.165) is 11.1 Å². The van der Waals surface area contributed by atoms with E-state index in [-0.39, 0.29) is 5.75 Å². The van der Waals surface area contributed by atoms with E-state index in [0.29, 0.717) is 38.4 Å². The molecule has 15 heteroatoms. The van der Waals surface area contributed by atoms with Crippen LogP contribution < -0.4 is 43.8 Å². The molecule has 216 valence electrons. The first-order valence-electron chi connectivity index (χ1n) is 11.8. The zero-order chi connectivity index (χ0) is 29.5. The zero-order valence-corrected chi connectivity index (χ0v) is 22.6. The van der Waals surface area contributed by atoms with Gasteiger partial charge in [0.1, 0.15) is 5.75 Å². The van der Waals surface area contributed by atoms with E-state index in [1.54, 1.807) is 24.2 Å². The van der Waals surface area contributed by atoms with Gasteiger partial charge in [0.2, 0.25) is 12.8 Å². The average molecular weight is 549 g/mol. The van der Waals surface area contributed by atoms with Crippen molar-refractivity contribution in [3.8, 4) is 5.75 Å². The Hall–Kier alpha value is -4.44. The number of hydrazine groups is 5. The van der Waals surface area contributed by atoms with Gasteiger partial charge in [-0.15, -0.1) is 0 Å². The molecule has 0 heterocycles. The van der Waals surface area contributed by atoms with Crippen LogP contribution in [-0.4, -0.2) is 60.6 Å². The van der Waals surface area contributed by atoms with Gasteiger partial charge in [-0.1, -0.05) is 56.3 Å². The lowest BCUT2D eigenvalue weighted by Crippen LogP contribution is -2.52. The third-order valence-corrected chi connectivity index (χ3v) is 4.19. The number of urea groups is 2. The number of phenolic OH excluding ortho intramolecular Hbond substituents is 1. The highest BCUT2D eigenvalue weighted by Gasteiger charge is 2.12. The molecule has 6 amide bonds.